The number of thiophene rings is 1. The first kappa shape index (κ1) is 11.6. The molecule has 2 rings (SSSR count). The summed E-state index contributed by atoms with van der Waals surface area (Å²) in [7, 11) is -2.88. The molecule has 15 heavy (non-hydrogen) atoms. The van der Waals surface area contributed by atoms with Crippen LogP contribution in [0.25, 0.3) is 0 Å². The van der Waals surface area contributed by atoms with Gasteiger partial charge in [-0.05, 0) is 41.0 Å². The first-order valence-corrected chi connectivity index (χ1v) is 8.19. The molecule has 3 nitrogen and oxygen atoms in total. The molecule has 0 saturated carbocycles. The van der Waals surface area contributed by atoms with Gasteiger partial charge in [-0.3, -0.25) is 0 Å². The van der Waals surface area contributed by atoms with Crippen molar-refractivity contribution in [2.24, 2.45) is 0 Å². The van der Waals surface area contributed by atoms with Crippen molar-refractivity contribution in [1.29, 1.82) is 0 Å². The Kier molecular flexibility index (Phi) is 3.49. The lowest BCUT2D eigenvalue weighted by molar-refractivity contribution is 0.577. The van der Waals surface area contributed by atoms with Gasteiger partial charge in [-0.15, -0.1) is 11.3 Å². The summed E-state index contributed by atoms with van der Waals surface area (Å²) in [5.74, 6) is 0.531. The summed E-state index contributed by atoms with van der Waals surface area (Å²) in [5.41, 5.74) is 0. The third kappa shape index (κ3) is 3.03. The van der Waals surface area contributed by atoms with Gasteiger partial charge < -0.3 is 5.32 Å². The third-order valence-electron chi connectivity index (χ3n) is 2.38. The van der Waals surface area contributed by atoms with E-state index in [0.717, 1.165) is 15.2 Å². The molecule has 0 radical (unpaired) electrons. The molecule has 84 valence electrons. The Morgan fingerprint density at radius 2 is 2.27 bits per heavy atom. The summed E-state index contributed by atoms with van der Waals surface area (Å²) in [4.78, 5) is 1.09. The van der Waals surface area contributed by atoms with Crippen molar-refractivity contribution in [3.05, 3.63) is 20.8 Å². The normalized spacial score (nSPS) is 26.1. The fourth-order valence-corrected chi connectivity index (χ4v) is 4.82. The summed E-state index contributed by atoms with van der Waals surface area (Å²) in [6.45, 7) is 0.777. The van der Waals surface area contributed by atoms with Crippen molar-refractivity contribution < 1.29 is 8.42 Å². The molecule has 0 spiro atoms. The van der Waals surface area contributed by atoms with Gasteiger partial charge in [-0.1, -0.05) is 0 Å². The molecule has 0 aliphatic carbocycles. The van der Waals surface area contributed by atoms with E-state index in [0.29, 0.717) is 12.2 Å². The summed E-state index contributed by atoms with van der Waals surface area (Å²) in [5, 5.41) is 3.28. The molecule has 1 aromatic heterocycles. The molecule has 1 aromatic rings. The predicted molar refractivity (Wildman–Crippen MR) is 66.0 cm³/mol. The fourth-order valence-electron chi connectivity index (χ4n) is 1.66. The van der Waals surface area contributed by atoms with Gasteiger partial charge in [0.2, 0.25) is 0 Å². The largest absolute Gasteiger partial charge is 0.308 e. The van der Waals surface area contributed by atoms with Crippen LogP contribution in [0.15, 0.2) is 15.9 Å². The highest BCUT2D eigenvalue weighted by Crippen LogP contribution is 2.29. The predicted octanol–water partition coefficient (Wildman–Crippen LogP) is 1.96. The van der Waals surface area contributed by atoms with E-state index in [-0.39, 0.29) is 11.8 Å². The highest BCUT2D eigenvalue weighted by atomic mass is 79.9. The standard InChI is InChI=1S/C9H12BrNO2S2/c10-9-3-2-8(14-9)7-6-15(12,13)5-1-4-11-7/h2-3,7,11H,1,4-6H2. The smallest absolute Gasteiger partial charge is 0.152 e. The molecule has 1 atom stereocenters. The molecule has 1 aliphatic heterocycles. The zero-order valence-corrected chi connectivity index (χ0v) is 11.3. The van der Waals surface area contributed by atoms with Crippen LogP contribution in [0.4, 0.5) is 0 Å². The lowest BCUT2D eigenvalue weighted by atomic mass is 10.2. The summed E-state index contributed by atoms with van der Waals surface area (Å²) < 4.78 is 24.3. The van der Waals surface area contributed by atoms with Crippen LogP contribution in [-0.2, 0) is 9.84 Å². The Bertz CT molecular complexity index is 441. The molecule has 0 aromatic carbocycles. The molecule has 1 aliphatic rings. The molecular weight excluding hydrogens is 298 g/mol. The van der Waals surface area contributed by atoms with E-state index >= 15 is 0 Å². The molecule has 2 heterocycles. The van der Waals surface area contributed by atoms with Crippen LogP contribution in [0.5, 0.6) is 0 Å². The first-order valence-electron chi connectivity index (χ1n) is 4.76. The summed E-state index contributed by atoms with van der Waals surface area (Å²) in [6.07, 6.45) is 0.714. The summed E-state index contributed by atoms with van der Waals surface area (Å²) >= 11 is 4.98. The van der Waals surface area contributed by atoms with Crippen molar-refractivity contribution in [2.45, 2.75) is 12.5 Å². The van der Waals surface area contributed by atoms with Crippen LogP contribution in [0.2, 0.25) is 0 Å². The lowest BCUT2D eigenvalue weighted by Gasteiger charge is -2.12. The van der Waals surface area contributed by atoms with Gasteiger partial charge in [0.05, 0.1) is 21.3 Å². The van der Waals surface area contributed by atoms with Crippen LogP contribution in [0.3, 0.4) is 0 Å². The molecule has 1 fully saturated rings. The van der Waals surface area contributed by atoms with Crippen molar-refractivity contribution in [3.63, 3.8) is 0 Å². The van der Waals surface area contributed by atoms with Gasteiger partial charge in [-0.2, -0.15) is 0 Å². The highest BCUT2D eigenvalue weighted by molar-refractivity contribution is 9.11. The molecule has 1 unspecified atom stereocenters. The fraction of sp³-hybridized carbons (Fsp3) is 0.556. The van der Waals surface area contributed by atoms with Crippen LogP contribution >= 0.6 is 27.3 Å². The summed E-state index contributed by atoms with van der Waals surface area (Å²) in [6, 6.07) is 3.90. The Hall–Kier alpha value is 0.0900. The number of halogens is 1. The Balaban J connectivity index is 2.21. The van der Waals surface area contributed by atoms with Gasteiger partial charge in [0, 0.05) is 4.88 Å². The second-order valence-corrected chi connectivity index (χ2v) is 8.34. The van der Waals surface area contributed by atoms with Crippen molar-refractivity contribution >= 4 is 37.1 Å². The number of sulfone groups is 1. The quantitative estimate of drug-likeness (QED) is 0.862. The SMILES string of the molecule is O=S1(=O)CCCNC(c2ccc(Br)s2)C1. The van der Waals surface area contributed by atoms with E-state index in [1.54, 1.807) is 11.3 Å². The van der Waals surface area contributed by atoms with E-state index in [1.807, 2.05) is 12.1 Å². The minimum Gasteiger partial charge on any atom is -0.308 e. The van der Waals surface area contributed by atoms with Crippen LogP contribution in [-0.4, -0.2) is 26.5 Å². The molecular formula is C9H12BrNO2S2. The Labute approximate surface area is 102 Å². The van der Waals surface area contributed by atoms with Crippen molar-refractivity contribution in [2.75, 3.05) is 18.1 Å². The topological polar surface area (TPSA) is 46.2 Å². The Morgan fingerprint density at radius 1 is 1.47 bits per heavy atom. The number of hydrogen-bond acceptors (Lipinski definition) is 4. The van der Waals surface area contributed by atoms with Crippen LogP contribution in [0.1, 0.15) is 17.3 Å². The molecule has 1 N–H and O–H groups in total. The number of hydrogen-bond donors (Lipinski definition) is 1. The molecule has 0 amide bonds. The maximum absolute atomic E-state index is 11.6. The van der Waals surface area contributed by atoms with E-state index in [4.69, 9.17) is 0 Å². The minimum atomic E-state index is -2.88. The third-order valence-corrected chi connectivity index (χ3v) is 5.87. The first-order chi connectivity index (χ1) is 7.07. The molecule has 1 saturated heterocycles. The lowest BCUT2D eigenvalue weighted by Crippen LogP contribution is -2.24. The van der Waals surface area contributed by atoms with Gasteiger partial charge in [0.15, 0.2) is 9.84 Å². The number of rotatable bonds is 1. The van der Waals surface area contributed by atoms with Crippen LogP contribution in [0, 0.1) is 0 Å². The maximum atomic E-state index is 11.6. The highest BCUT2D eigenvalue weighted by Gasteiger charge is 2.24. The van der Waals surface area contributed by atoms with E-state index in [9.17, 15) is 8.42 Å². The van der Waals surface area contributed by atoms with E-state index in [2.05, 4.69) is 21.2 Å². The minimum absolute atomic E-state index is 0.0335. The average Bonchev–Trinajstić information content (AvgIpc) is 2.49. The van der Waals surface area contributed by atoms with Gasteiger partial charge in [0.25, 0.3) is 0 Å². The van der Waals surface area contributed by atoms with E-state index < -0.39 is 9.84 Å². The van der Waals surface area contributed by atoms with E-state index in [1.165, 1.54) is 0 Å². The second-order valence-electron chi connectivity index (χ2n) is 3.62. The van der Waals surface area contributed by atoms with Gasteiger partial charge >= 0.3 is 0 Å². The van der Waals surface area contributed by atoms with Gasteiger partial charge in [0.1, 0.15) is 0 Å². The average molecular weight is 310 g/mol. The second kappa shape index (κ2) is 4.53. The van der Waals surface area contributed by atoms with Crippen molar-refractivity contribution in [3.8, 4) is 0 Å². The monoisotopic (exact) mass is 309 g/mol. The zero-order valence-electron chi connectivity index (χ0n) is 8.07. The Morgan fingerprint density at radius 3 is 2.93 bits per heavy atom. The van der Waals surface area contributed by atoms with Gasteiger partial charge in [-0.25, -0.2) is 8.42 Å². The maximum Gasteiger partial charge on any atom is 0.152 e. The van der Waals surface area contributed by atoms with Crippen LogP contribution < -0.4 is 5.32 Å². The molecule has 0 bridgehead atoms. The zero-order chi connectivity index (χ0) is 10.9. The van der Waals surface area contributed by atoms with Crippen molar-refractivity contribution in [1.82, 2.24) is 5.32 Å². The number of nitrogens with one attached hydrogen (secondary N) is 1. The molecule has 6 heteroatoms.